The van der Waals surface area contributed by atoms with E-state index in [-0.39, 0.29) is 16.6 Å². The number of rotatable bonds is 5. The normalized spacial score (nSPS) is 18.6. The van der Waals surface area contributed by atoms with Gasteiger partial charge in [-0.25, -0.2) is 9.55 Å². The first-order valence-corrected chi connectivity index (χ1v) is 11.7. The molecule has 1 N–H and O–H groups in total. The summed E-state index contributed by atoms with van der Waals surface area (Å²) < 4.78 is 1.73. The second-order valence-electron chi connectivity index (χ2n) is 8.68. The predicted molar refractivity (Wildman–Crippen MR) is 127 cm³/mol. The van der Waals surface area contributed by atoms with E-state index in [1.165, 1.54) is 10.1 Å². The highest BCUT2D eigenvalue weighted by Gasteiger charge is 2.33. The molecule has 32 heavy (non-hydrogen) atoms. The Morgan fingerprint density at radius 2 is 1.78 bits per heavy atom. The SMILES string of the molecule is O=C(CC[C@H]1Nc2c3ccccc3nc(=S)n2C1=O)N1CCC(Cc2ccccc2)CC1. The summed E-state index contributed by atoms with van der Waals surface area (Å²) in [5, 5.41) is 4.16. The van der Waals surface area contributed by atoms with Crippen molar-refractivity contribution in [2.24, 2.45) is 5.92 Å². The summed E-state index contributed by atoms with van der Waals surface area (Å²) in [4.78, 5) is 32.1. The average Bonchev–Trinajstić information content (AvgIpc) is 3.16. The molecule has 0 spiro atoms. The Balaban J connectivity index is 1.17. The first-order chi connectivity index (χ1) is 15.6. The summed E-state index contributed by atoms with van der Waals surface area (Å²) in [7, 11) is 0. The second-order valence-corrected chi connectivity index (χ2v) is 9.05. The summed E-state index contributed by atoms with van der Waals surface area (Å²) in [5.41, 5.74) is 2.13. The highest BCUT2D eigenvalue weighted by atomic mass is 32.1. The lowest BCUT2D eigenvalue weighted by atomic mass is 9.90. The van der Waals surface area contributed by atoms with Crippen LogP contribution in [0.5, 0.6) is 0 Å². The Kier molecular flexibility index (Phi) is 5.74. The molecule has 1 saturated heterocycles. The number of para-hydroxylation sites is 1. The number of nitrogens with zero attached hydrogens (tertiary/aromatic N) is 3. The Morgan fingerprint density at radius 3 is 2.56 bits per heavy atom. The molecule has 6 nitrogen and oxygen atoms in total. The molecule has 1 fully saturated rings. The topological polar surface area (TPSA) is 67.2 Å². The second kappa shape index (κ2) is 8.82. The molecule has 2 aliphatic heterocycles. The van der Waals surface area contributed by atoms with Gasteiger partial charge in [0.1, 0.15) is 11.9 Å². The van der Waals surface area contributed by atoms with Crippen LogP contribution < -0.4 is 5.32 Å². The maximum Gasteiger partial charge on any atom is 0.257 e. The van der Waals surface area contributed by atoms with Crippen LogP contribution >= 0.6 is 12.2 Å². The molecule has 5 rings (SSSR count). The number of anilines is 1. The van der Waals surface area contributed by atoms with Crippen LogP contribution in [0.4, 0.5) is 5.82 Å². The van der Waals surface area contributed by atoms with Gasteiger partial charge in [0.2, 0.25) is 10.7 Å². The fraction of sp³-hybridized carbons (Fsp3) is 0.360. The zero-order valence-corrected chi connectivity index (χ0v) is 18.7. The number of piperidine rings is 1. The van der Waals surface area contributed by atoms with E-state index in [0.29, 0.717) is 24.6 Å². The third-order valence-electron chi connectivity index (χ3n) is 6.60. The lowest BCUT2D eigenvalue weighted by Gasteiger charge is -2.32. The molecule has 2 aliphatic rings. The molecule has 1 aromatic heterocycles. The van der Waals surface area contributed by atoms with Crippen molar-refractivity contribution in [3.8, 4) is 0 Å². The van der Waals surface area contributed by atoms with Crippen LogP contribution in [0.15, 0.2) is 54.6 Å². The van der Waals surface area contributed by atoms with Gasteiger partial charge < -0.3 is 10.2 Å². The fourth-order valence-corrected chi connectivity index (χ4v) is 5.10. The molecule has 164 valence electrons. The number of fused-ring (bicyclic) bond motifs is 3. The molecular formula is C25H26N4O2S. The maximum absolute atomic E-state index is 12.9. The van der Waals surface area contributed by atoms with Gasteiger partial charge in [0.15, 0.2) is 0 Å². The molecule has 0 aliphatic carbocycles. The zero-order valence-electron chi connectivity index (χ0n) is 17.9. The molecule has 3 aromatic rings. The van der Waals surface area contributed by atoms with Crippen molar-refractivity contribution in [2.75, 3.05) is 18.4 Å². The Morgan fingerprint density at radius 1 is 1.06 bits per heavy atom. The average molecular weight is 447 g/mol. The van der Waals surface area contributed by atoms with Crippen LogP contribution in [0, 0.1) is 10.7 Å². The Hall–Kier alpha value is -3.06. The lowest BCUT2D eigenvalue weighted by molar-refractivity contribution is -0.132. The van der Waals surface area contributed by atoms with Crippen LogP contribution in [-0.4, -0.2) is 45.4 Å². The van der Waals surface area contributed by atoms with Crippen LogP contribution in [0.25, 0.3) is 10.9 Å². The van der Waals surface area contributed by atoms with Gasteiger partial charge in [-0.05, 0) is 61.5 Å². The van der Waals surface area contributed by atoms with Gasteiger partial charge in [-0.15, -0.1) is 0 Å². The number of amides is 1. The summed E-state index contributed by atoms with van der Waals surface area (Å²) in [6.45, 7) is 1.59. The third kappa shape index (κ3) is 4.05. The lowest BCUT2D eigenvalue weighted by Crippen LogP contribution is -2.39. The Bertz CT molecular complexity index is 1220. The summed E-state index contributed by atoms with van der Waals surface area (Å²) >= 11 is 5.35. The molecular weight excluding hydrogens is 420 g/mol. The molecule has 0 radical (unpaired) electrons. The number of likely N-dealkylation sites (tertiary alicyclic amines) is 1. The standard InChI is InChI=1S/C25H26N4O2S/c30-22(28-14-12-18(13-15-28)16-17-6-2-1-3-7-17)11-10-21-24(31)29-23(26-21)19-8-4-5-9-20(19)27-25(29)32/h1-9,18,21,26H,10-16H2/t21-/m1/s1. The highest BCUT2D eigenvalue weighted by molar-refractivity contribution is 7.71. The van der Waals surface area contributed by atoms with Crippen molar-refractivity contribution in [3.63, 3.8) is 0 Å². The van der Waals surface area contributed by atoms with Crippen molar-refractivity contribution in [1.82, 2.24) is 14.5 Å². The number of nitrogens with one attached hydrogen (secondary N) is 1. The van der Waals surface area contributed by atoms with Crippen molar-refractivity contribution in [3.05, 3.63) is 64.9 Å². The summed E-state index contributed by atoms with van der Waals surface area (Å²) in [5.74, 6) is 1.30. The monoisotopic (exact) mass is 446 g/mol. The molecule has 0 unspecified atom stereocenters. The number of aromatic nitrogens is 2. The van der Waals surface area contributed by atoms with Crippen LogP contribution in [0.2, 0.25) is 0 Å². The van der Waals surface area contributed by atoms with Gasteiger partial charge in [-0.3, -0.25) is 9.59 Å². The van der Waals surface area contributed by atoms with E-state index in [1.807, 2.05) is 35.2 Å². The van der Waals surface area contributed by atoms with E-state index >= 15 is 0 Å². The number of benzene rings is 2. The van der Waals surface area contributed by atoms with E-state index in [4.69, 9.17) is 12.2 Å². The van der Waals surface area contributed by atoms with Gasteiger partial charge in [0.25, 0.3) is 5.91 Å². The van der Waals surface area contributed by atoms with Gasteiger partial charge in [-0.2, -0.15) is 0 Å². The van der Waals surface area contributed by atoms with Crippen molar-refractivity contribution >= 4 is 40.8 Å². The zero-order chi connectivity index (χ0) is 22.1. The van der Waals surface area contributed by atoms with Crippen molar-refractivity contribution in [2.45, 2.75) is 38.1 Å². The molecule has 0 saturated carbocycles. The molecule has 1 atom stereocenters. The smallest absolute Gasteiger partial charge is 0.257 e. The molecule has 3 heterocycles. The van der Waals surface area contributed by atoms with Gasteiger partial charge in [-0.1, -0.05) is 42.5 Å². The number of carbonyl (C=O) groups is 2. The van der Waals surface area contributed by atoms with Crippen LogP contribution in [-0.2, 0) is 11.2 Å². The third-order valence-corrected chi connectivity index (χ3v) is 6.87. The molecule has 0 bridgehead atoms. The summed E-state index contributed by atoms with van der Waals surface area (Å²) in [6, 6.07) is 17.7. The maximum atomic E-state index is 12.9. The van der Waals surface area contributed by atoms with Gasteiger partial charge >= 0.3 is 0 Å². The quantitative estimate of drug-likeness (QED) is 0.586. The molecule has 2 aromatic carbocycles. The van der Waals surface area contributed by atoms with Crippen LogP contribution in [0.3, 0.4) is 0 Å². The van der Waals surface area contributed by atoms with E-state index in [0.717, 1.165) is 43.3 Å². The molecule has 7 heteroatoms. The van der Waals surface area contributed by atoms with Crippen molar-refractivity contribution in [1.29, 1.82) is 0 Å². The highest BCUT2D eigenvalue weighted by Crippen LogP contribution is 2.29. The van der Waals surface area contributed by atoms with Gasteiger partial charge in [0, 0.05) is 24.9 Å². The first-order valence-electron chi connectivity index (χ1n) is 11.2. The number of hydrogen-bond acceptors (Lipinski definition) is 5. The minimum Gasteiger partial charge on any atom is -0.359 e. The largest absolute Gasteiger partial charge is 0.359 e. The van der Waals surface area contributed by atoms with Crippen molar-refractivity contribution < 1.29 is 9.59 Å². The minimum atomic E-state index is -0.455. The predicted octanol–water partition coefficient (Wildman–Crippen LogP) is 4.46. The summed E-state index contributed by atoms with van der Waals surface area (Å²) in [6.07, 6.45) is 3.93. The Labute approximate surface area is 192 Å². The fourth-order valence-electron chi connectivity index (χ4n) is 4.83. The minimum absolute atomic E-state index is 0.125. The first kappa shape index (κ1) is 20.8. The number of hydrogen-bond donors (Lipinski definition) is 1. The molecule has 1 amide bonds. The van der Waals surface area contributed by atoms with E-state index in [2.05, 4.69) is 34.6 Å². The number of carbonyl (C=O) groups excluding carboxylic acids is 2. The van der Waals surface area contributed by atoms with Gasteiger partial charge in [0.05, 0.1) is 5.52 Å². The van der Waals surface area contributed by atoms with E-state index in [9.17, 15) is 9.59 Å². The van der Waals surface area contributed by atoms with E-state index < -0.39 is 6.04 Å². The van der Waals surface area contributed by atoms with E-state index in [1.54, 1.807) is 0 Å². The van der Waals surface area contributed by atoms with Crippen LogP contribution in [0.1, 0.15) is 36.0 Å².